The Labute approximate surface area is 183 Å². The summed E-state index contributed by atoms with van der Waals surface area (Å²) < 4.78 is 5.92. The van der Waals surface area contributed by atoms with Crippen molar-refractivity contribution in [2.75, 3.05) is 18.9 Å². The zero-order chi connectivity index (χ0) is 22.2. The Hall–Kier alpha value is -1.64. The normalized spacial score (nSPS) is 23.3. The summed E-state index contributed by atoms with van der Waals surface area (Å²) in [5.41, 5.74) is 7.66. The van der Waals surface area contributed by atoms with Crippen LogP contribution in [0.15, 0.2) is 5.11 Å². The number of nitrogens with zero attached hydrogens (tertiary/aromatic N) is 3. The molecule has 3 atom stereocenters. The number of azide groups is 1. The van der Waals surface area contributed by atoms with Crippen molar-refractivity contribution in [3.8, 4) is 0 Å². The number of ether oxygens (including phenoxy) is 1. The van der Waals surface area contributed by atoms with Gasteiger partial charge in [0.15, 0.2) is 0 Å². The number of unbranched alkanes of at least 4 members (excludes halogenated alkanes) is 1. The van der Waals surface area contributed by atoms with E-state index >= 15 is 0 Å². The molecule has 0 aromatic carbocycles. The molecule has 10 heteroatoms. The average molecular weight is 441 g/mol. The highest BCUT2D eigenvalue weighted by Crippen LogP contribution is 2.33. The van der Waals surface area contributed by atoms with E-state index in [-0.39, 0.29) is 35.2 Å². The molecule has 2 heterocycles. The highest BCUT2D eigenvalue weighted by Gasteiger charge is 2.42. The molecule has 1 unspecified atom stereocenters. The maximum atomic E-state index is 12.3. The summed E-state index contributed by atoms with van der Waals surface area (Å²) in [6.45, 7) is 8.90. The van der Waals surface area contributed by atoms with Crippen LogP contribution in [0, 0.1) is 0 Å². The van der Waals surface area contributed by atoms with Crippen molar-refractivity contribution in [3.63, 3.8) is 0 Å². The fourth-order valence-corrected chi connectivity index (χ4v) is 5.34. The Bertz CT molecular complexity index is 650. The minimum atomic E-state index is -0.361. The summed E-state index contributed by atoms with van der Waals surface area (Å²) >= 11 is 1.91. The Morgan fingerprint density at radius 2 is 2.07 bits per heavy atom. The molecule has 170 valence electrons. The van der Waals surface area contributed by atoms with Gasteiger partial charge in [0, 0.05) is 41.0 Å². The van der Waals surface area contributed by atoms with Gasteiger partial charge in [-0.2, -0.15) is 11.8 Å². The number of rotatable bonds is 13. The van der Waals surface area contributed by atoms with Crippen molar-refractivity contribution < 1.29 is 14.3 Å². The van der Waals surface area contributed by atoms with Gasteiger partial charge in [-0.25, -0.2) is 4.79 Å². The molecule has 3 amide bonds. The Balaban J connectivity index is 1.59. The highest BCUT2D eigenvalue weighted by atomic mass is 32.2. The molecule has 2 aliphatic rings. The molecule has 3 N–H and O–H groups in total. The molecule has 0 aromatic heterocycles. The molecule has 0 bridgehead atoms. The summed E-state index contributed by atoms with van der Waals surface area (Å²) in [5, 5.41) is 13.1. The van der Waals surface area contributed by atoms with E-state index < -0.39 is 0 Å². The first-order chi connectivity index (χ1) is 14.1. The molecule has 0 aliphatic carbocycles. The van der Waals surface area contributed by atoms with E-state index in [1.165, 1.54) is 0 Å². The number of urea groups is 1. The van der Waals surface area contributed by atoms with Crippen molar-refractivity contribution in [2.24, 2.45) is 5.11 Å². The molecule has 0 radical (unpaired) electrons. The van der Waals surface area contributed by atoms with Gasteiger partial charge in [-0.15, -0.1) is 0 Å². The van der Waals surface area contributed by atoms with Gasteiger partial charge in [-0.1, -0.05) is 11.5 Å². The molecule has 0 aromatic rings. The van der Waals surface area contributed by atoms with Crippen LogP contribution in [-0.4, -0.2) is 59.3 Å². The number of amides is 3. The molecule has 2 rings (SSSR count). The smallest absolute Gasteiger partial charge is 0.315 e. The standard InChI is InChI=1S/C20H36N6O3S/c1-19(2,10-12-29-20(3,4)9-11-22-26-21)25-16(27)8-6-5-7-15-17-14(13-30-15)23-18(28)24-17/h14-15,17H,5-13H2,1-4H3,(H,25,27)(H2,23,24,28)/t14-,15-,17?/m0/s1. The zero-order valence-electron chi connectivity index (χ0n) is 18.6. The summed E-state index contributed by atoms with van der Waals surface area (Å²) in [6.07, 6.45) is 4.72. The third-order valence-corrected chi connectivity index (χ3v) is 7.16. The molecular weight excluding hydrogens is 404 g/mol. The first-order valence-corrected chi connectivity index (χ1v) is 11.8. The number of hydrogen-bond acceptors (Lipinski definition) is 5. The quantitative estimate of drug-likeness (QED) is 0.133. The van der Waals surface area contributed by atoms with Crippen molar-refractivity contribution in [1.29, 1.82) is 0 Å². The second-order valence-electron chi connectivity index (χ2n) is 9.36. The molecular formula is C20H36N6O3S. The first-order valence-electron chi connectivity index (χ1n) is 10.8. The number of carbonyl (C=O) groups excluding carboxylic acids is 2. The fraction of sp³-hybridized carbons (Fsp3) is 0.900. The third kappa shape index (κ3) is 8.24. The van der Waals surface area contributed by atoms with E-state index in [2.05, 4.69) is 26.0 Å². The van der Waals surface area contributed by atoms with Crippen molar-refractivity contribution in [1.82, 2.24) is 16.0 Å². The van der Waals surface area contributed by atoms with Gasteiger partial charge in [0.1, 0.15) is 0 Å². The monoisotopic (exact) mass is 440 g/mol. The highest BCUT2D eigenvalue weighted by molar-refractivity contribution is 8.00. The van der Waals surface area contributed by atoms with Gasteiger partial charge in [-0.05, 0) is 58.9 Å². The lowest BCUT2D eigenvalue weighted by Crippen LogP contribution is -2.44. The minimum absolute atomic E-state index is 0.0556. The lowest BCUT2D eigenvalue weighted by atomic mass is 9.99. The SMILES string of the molecule is CC(C)(CCOC(C)(C)CCN=[N+]=[N-])NC(=O)CCCC[C@@H]1SC[C@@H]2NC(=O)NC21. The second kappa shape index (κ2) is 11.1. The van der Waals surface area contributed by atoms with Crippen LogP contribution in [0.4, 0.5) is 4.79 Å². The Morgan fingerprint density at radius 1 is 1.30 bits per heavy atom. The molecule has 2 saturated heterocycles. The topological polar surface area (TPSA) is 128 Å². The van der Waals surface area contributed by atoms with Crippen LogP contribution in [0.2, 0.25) is 0 Å². The molecule has 0 spiro atoms. The van der Waals surface area contributed by atoms with Gasteiger partial charge in [0.05, 0.1) is 17.7 Å². The fourth-order valence-electron chi connectivity index (χ4n) is 3.80. The molecule has 0 saturated carbocycles. The molecule has 9 nitrogen and oxygen atoms in total. The lowest BCUT2D eigenvalue weighted by molar-refractivity contribution is -0.123. The summed E-state index contributed by atoms with van der Waals surface area (Å²) in [6, 6.07) is 0.425. The average Bonchev–Trinajstić information content (AvgIpc) is 3.17. The van der Waals surface area contributed by atoms with E-state index in [0.29, 0.717) is 37.7 Å². The number of thioether (sulfide) groups is 1. The van der Waals surface area contributed by atoms with Crippen LogP contribution in [-0.2, 0) is 9.53 Å². The summed E-state index contributed by atoms with van der Waals surface area (Å²) in [4.78, 5) is 26.5. The van der Waals surface area contributed by atoms with Gasteiger partial charge in [0.2, 0.25) is 5.91 Å². The van der Waals surface area contributed by atoms with Gasteiger partial charge in [0.25, 0.3) is 0 Å². The Kier molecular flexibility index (Phi) is 9.12. The predicted molar refractivity (Wildman–Crippen MR) is 119 cm³/mol. The van der Waals surface area contributed by atoms with Crippen LogP contribution in [0.3, 0.4) is 0 Å². The van der Waals surface area contributed by atoms with E-state index in [0.717, 1.165) is 25.0 Å². The minimum Gasteiger partial charge on any atom is -0.375 e. The van der Waals surface area contributed by atoms with Crippen LogP contribution in [0.5, 0.6) is 0 Å². The zero-order valence-corrected chi connectivity index (χ0v) is 19.4. The van der Waals surface area contributed by atoms with Crippen molar-refractivity contribution in [2.45, 2.75) is 94.7 Å². The van der Waals surface area contributed by atoms with Crippen LogP contribution < -0.4 is 16.0 Å². The maximum absolute atomic E-state index is 12.3. The number of fused-ring (bicyclic) bond motifs is 1. The van der Waals surface area contributed by atoms with Crippen LogP contribution >= 0.6 is 11.8 Å². The first kappa shape index (κ1) is 24.6. The molecule has 30 heavy (non-hydrogen) atoms. The van der Waals surface area contributed by atoms with E-state index in [1.807, 2.05) is 39.5 Å². The maximum Gasteiger partial charge on any atom is 0.315 e. The second-order valence-corrected chi connectivity index (χ2v) is 10.6. The van der Waals surface area contributed by atoms with Gasteiger partial charge < -0.3 is 20.7 Å². The molecule has 2 aliphatic heterocycles. The van der Waals surface area contributed by atoms with Crippen molar-refractivity contribution >= 4 is 23.7 Å². The van der Waals surface area contributed by atoms with E-state index in [1.54, 1.807) is 0 Å². The molecule has 2 fully saturated rings. The van der Waals surface area contributed by atoms with Gasteiger partial charge >= 0.3 is 6.03 Å². The van der Waals surface area contributed by atoms with Crippen molar-refractivity contribution in [3.05, 3.63) is 10.4 Å². The number of nitrogens with one attached hydrogen (secondary N) is 3. The largest absolute Gasteiger partial charge is 0.375 e. The van der Waals surface area contributed by atoms with E-state index in [9.17, 15) is 9.59 Å². The van der Waals surface area contributed by atoms with Crippen LogP contribution in [0.25, 0.3) is 10.4 Å². The predicted octanol–water partition coefficient (Wildman–Crippen LogP) is 3.49. The Morgan fingerprint density at radius 3 is 2.80 bits per heavy atom. The summed E-state index contributed by atoms with van der Waals surface area (Å²) in [5.74, 6) is 1.03. The summed E-state index contributed by atoms with van der Waals surface area (Å²) in [7, 11) is 0. The van der Waals surface area contributed by atoms with E-state index in [4.69, 9.17) is 10.3 Å². The van der Waals surface area contributed by atoms with Gasteiger partial charge in [-0.3, -0.25) is 4.79 Å². The number of hydrogen-bond donors (Lipinski definition) is 3. The lowest BCUT2D eigenvalue weighted by Gasteiger charge is -2.30. The number of carbonyl (C=O) groups is 2. The third-order valence-electron chi connectivity index (χ3n) is 5.66. The van der Waals surface area contributed by atoms with Crippen LogP contribution in [0.1, 0.15) is 66.2 Å².